The Bertz CT molecular complexity index is 377. The molecule has 1 aromatic heterocycles. The monoisotopic (exact) mass is 189 g/mol. The van der Waals surface area contributed by atoms with E-state index in [2.05, 4.69) is 9.97 Å². The Labute approximate surface area is 82.6 Å². The Morgan fingerprint density at radius 3 is 3.07 bits per heavy atom. The van der Waals surface area contributed by atoms with Gasteiger partial charge in [-0.25, -0.2) is 9.97 Å². The first-order valence-corrected chi connectivity index (χ1v) is 4.67. The lowest BCUT2D eigenvalue weighted by atomic mass is 10.1. The summed E-state index contributed by atoms with van der Waals surface area (Å²) in [6.07, 6.45) is 2.11. The maximum absolute atomic E-state index is 8.75. The molecule has 0 unspecified atom stereocenters. The van der Waals surface area contributed by atoms with Gasteiger partial charge in [0.2, 0.25) is 0 Å². The van der Waals surface area contributed by atoms with Crippen molar-refractivity contribution >= 4 is 0 Å². The smallest absolute Gasteiger partial charge is 0.144 e. The number of aryl methyl sites for hydroxylation is 1. The molecule has 2 heterocycles. The summed E-state index contributed by atoms with van der Waals surface area (Å²) in [7, 11) is 0. The lowest BCUT2D eigenvalue weighted by Crippen LogP contribution is -2.03. The highest BCUT2D eigenvalue weighted by atomic mass is 16.5. The van der Waals surface area contributed by atoms with Crippen molar-refractivity contribution in [3.63, 3.8) is 0 Å². The van der Waals surface area contributed by atoms with E-state index in [1.807, 2.05) is 6.07 Å². The summed E-state index contributed by atoms with van der Waals surface area (Å²) in [5.41, 5.74) is 1.26. The summed E-state index contributed by atoms with van der Waals surface area (Å²) >= 11 is 0. The molecule has 72 valence electrons. The van der Waals surface area contributed by atoms with Crippen LogP contribution in [0.25, 0.3) is 0 Å². The summed E-state index contributed by atoms with van der Waals surface area (Å²) in [5, 5.41) is 8.75. The third kappa shape index (κ3) is 1.73. The van der Waals surface area contributed by atoms with Gasteiger partial charge < -0.3 is 4.74 Å². The maximum Gasteiger partial charge on any atom is 0.144 e. The number of ether oxygens (including phenoxy) is 1. The predicted molar refractivity (Wildman–Crippen MR) is 49.4 cm³/mol. The van der Waals surface area contributed by atoms with Gasteiger partial charge in [0.05, 0.1) is 11.8 Å². The van der Waals surface area contributed by atoms with Crippen LogP contribution in [0.5, 0.6) is 0 Å². The molecular formula is C10H11N3O. The first kappa shape index (κ1) is 9.10. The van der Waals surface area contributed by atoms with Gasteiger partial charge in [0.25, 0.3) is 0 Å². The van der Waals surface area contributed by atoms with Gasteiger partial charge in [0, 0.05) is 6.61 Å². The second kappa shape index (κ2) is 3.72. The van der Waals surface area contributed by atoms with E-state index in [4.69, 9.17) is 10.00 Å². The Morgan fingerprint density at radius 2 is 2.43 bits per heavy atom. The van der Waals surface area contributed by atoms with Crippen LogP contribution in [0.3, 0.4) is 0 Å². The van der Waals surface area contributed by atoms with Gasteiger partial charge in [-0.05, 0) is 25.8 Å². The lowest BCUT2D eigenvalue weighted by molar-refractivity contribution is 0.108. The summed E-state index contributed by atoms with van der Waals surface area (Å²) in [5.74, 6) is 0.634. The average molecular weight is 189 g/mol. The fourth-order valence-electron chi connectivity index (χ4n) is 1.62. The number of hydrogen-bond acceptors (Lipinski definition) is 4. The highest BCUT2D eigenvalue weighted by Gasteiger charge is 2.19. The molecule has 1 saturated heterocycles. The Hall–Kier alpha value is -1.47. The molecule has 0 bridgehead atoms. The molecular weight excluding hydrogens is 178 g/mol. The molecule has 1 aliphatic heterocycles. The molecule has 0 N–H and O–H groups in total. The number of nitriles is 1. The summed E-state index contributed by atoms with van der Waals surface area (Å²) in [4.78, 5) is 8.27. The molecule has 2 rings (SSSR count). The molecule has 1 aliphatic rings. The van der Waals surface area contributed by atoms with E-state index in [0.29, 0.717) is 11.5 Å². The van der Waals surface area contributed by atoms with Crippen LogP contribution in [0.4, 0.5) is 0 Å². The van der Waals surface area contributed by atoms with Crippen LogP contribution < -0.4 is 0 Å². The molecule has 4 heteroatoms. The number of nitrogens with zero attached hydrogens (tertiary/aromatic N) is 3. The van der Waals surface area contributed by atoms with Crippen LogP contribution >= 0.6 is 0 Å². The Morgan fingerprint density at radius 1 is 1.57 bits per heavy atom. The minimum atomic E-state index is 0.0591. The fourth-order valence-corrected chi connectivity index (χ4v) is 1.62. The van der Waals surface area contributed by atoms with Crippen LogP contribution in [0, 0.1) is 18.3 Å². The van der Waals surface area contributed by atoms with Gasteiger partial charge in [-0.15, -0.1) is 0 Å². The molecule has 0 amide bonds. The van der Waals surface area contributed by atoms with E-state index < -0.39 is 0 Å². The van der Waals surface area contributed by atoms with Crippen molar-refractivity contribution in [3.8, 4) is 6.07 Å². The summed E-state index contributed by atoms with van der Waals surface area (Å²) < 4.78 is 5.49. The van der Waals surface area contributed by atoms with Gasteiger partial charge in [0.15, 0.2) is 0 Å². The molecule has 14 heavy (non-hydrogen) atoms. The van der Waals surface area contributed by atoms with Crippen molar-refractivity contribution in [1.29, 1.82) is 5.26 Å². The van der Waals surface area contributed by atoms with E-state index in [0.717, 1.165) is 25.1 Å². The van der Waals surface area contributed by atoms with Crippen molar-refractivity contribution in [2.24, 2.45) is 0 Å². The second-order valence-corrected chi connectivity index (χ2v) is 3.34. The largest absolute Gasteiger partial charge is 0.372 e. The first-order valence-electron chi connectivity index (χ1n) is 4.67. The van der Waals surface area contributed by atoms with E-state index in [-0.39, 0.29) is 6.10 Å². The van der Waals surface area contributed by atoms with Gasteiger partial charge in [-0.1, -0.05) is 0 Å². The second-order valence-electron chi connectivity index (χ2n) is 3.34. The van der Waals surface area contributed by atoms with Gasteiger partial charge in [-0.2, -0.15) is 5.26 Å². The molecule has 0 radical (unpaired) electrons. The highest BCUT2D eigenvalue weighted by Crippen LogP contribution is 2.27. The molecule has 0 aromatic carbocycles. The molecule has 4 nitrogen and oxygen atoms in total. The third-order valence-electron chi connectivity index (χ3n) is 2.23. The predicted octanol–water partition coefficient (Wildman–Crippen LogP) is 1.51. The lowest BCUT2D eigenvalue weighted by Gasteiger charge is -2.08. The zero-order valence-corrected chi connectivity index (χ0v) is 8.03. The van der Waals surface area contributed by atoms with Crippen LogP contribution in [-0.4, -0.2) is 16.6 Å². The van der Waals surface area contributed by atoms with Gasteiger partial charge in [-0.3, -0.25) is 0 Å². The zero-order chi connectivity index (χ0) is 9.97. The van der Waals surface area contributed by atoms with E-state index in [1.165, 1.54) is 0 Å². The summed E-state index contributed by atoms with van der Waals surface area (Å²) in [6, 6.07) is 3.74. The van der Waals surface area contributed by atoms with Crippen LogP contribution in [0.15, 0.2) is 6.07 Å². The standard InChI is InChI=1S/C10H11N3O/c1-7-12-8(6-11)5-9(13-7)10-3-2-4-14-10/h5,10H,2-4H2,1H3/t10-/m1/s1. The molecule has 1 fully saturated rings. The van der Waals surface area contributed by atoms with Gasteiger partial charge in [0.1, 0.15) is 17.6 Å². The summed E-state index contributed by atoms with van der Waals surface area (Å²) in [6.45, 7) is 2.58. The molecule has 1 atom stereocenters. The Kier molecular flexibility index (Phi) is 2.42. The third-order valence-corrected chi connectivity index (χ3v) is 2.23. The van der Waals surface area contributed by atoms with Crippen LogP contribution in [0.2, 0.25) is 0 Å². The molecule has 0 spiro atoms. The number of aromatic nitrogens is 2. The van der Waals surface area contributed by atoms with Crippen molar-refractivity contribution in [1.82, 2.24) is 9.97 Å². The van der Waals surface area contributed by atoms with E-state index in [1.54, 1.807) is 13.0 Å². The van der Waals surface area contributed by atoms with Crippen molar-refractivity contribution in [2.75, 3.05) is 6.61 Å². The van der Waals surface area contributed by atoms with Crippen molar-refractivity contribution in [3.05, 3.63) is 23.3 Å². The van der Waals surface area contributed by atoms with E-state index >= 15 is 0 Å². The maximum atomic E-state index is 8.75. The molecule has 0 aliphatic carbocycles. The minimum Gasteiger partial charge on any atom is -0.372 e. The number of hydrogen-bond donors (Lipinski definition) is 0. The Balaban J connectivity index is 2.33. The topological polar surface area (TPSA) is 58.8 Å². The SMILES string of the molecule is Cc1nc(C#N)cc([C@H]2CCCO2)n1. The average Bonchev–Trinajstić information content (AvgIpc) is 2.69. The first-order chi connectivity index (χ1) is 6.79. The van der Waals surface area contributed by atoms with Crippen LogP contribution in [0.1, 0.15) is 36.2 Å². The highest BCUT2D eigenvalue weighted by molar-refractivity contribution is 5.24. The number of rotatable bonds is 1. The van der Waals surface area contributed by atoms with Crippen molar-refractivity contribution in [2.45, 2.75) is 25.9 Å². The van der Waals surface area contributed by atoms with Crippen LogP contribution in [-0.2, 0) is 4.74 Å². The zero-order valence-electron chi connectivity index (χ0n) is 8.03. The quantitative estimate of drug-likeness (QED) is 0.671. The molecule has 0 saturated carbocycles. The fraction of sp³-hybridized carbons (Fsp3) is 0.500. The normalized spacial score (nSPS) is 20.7. The minimum absolute atomic E-state index is 0.0591. The molecule has 1 aromatic rings. The van der Waals surface area contributed by atoms with E-state index in [9.17, 15) is 0 Å². The van der Waals surface area contributed by atoms with Gasteiger partial charge >= 0.3 is 0 Å². The van der Waals surface area contributed by atoms with Crippen molar-refractivity contribution < 1.29 is 4.74 Å².